The molecule has 20 heavy (non-hydrogen) atoms. The Bertz CT molecular complexity index is 599. The van der Waals surface area contributed by atoms with Gasteiger partial charge in [0, 0.05) is 10.8 Å². The average molecular weight is 316 g/mol. The first-order valence-electron chi connectivity index (χ1n) is 6.60. The number of hydrogen-bond donors (Lipinski definition) is 1. The van der Waals surface area contributed by atoms with E-state index in [1.54, 1.807) is 0 Å². The summed E-state index contributed by atoms with van der Waals surface area (Å²) in [7, 11) is -3.01. The molecule has 1 atom stereocenters. The fourth-order valence-corrected chi connectivity index (χ4v) is 4.75. The minimum absolute atomic E-state index is 0.00170. The molecular formula is C13H20N2O3S2. The van der Waals surface area contributed by atoms with Gasteiger partial charge in [-0.15, -0.1) is 11.3 Å². The van der Waals surface area contributed by atoms with Gasteiger partial charge in [-0.1, -0.05) is 20.8 Å². The van der Waals surface area contributed by atoms with E-state index in [1.807, 2.05) is 5.38 Å². The maximum Gasteiger partial charge on any atom is 0.224 e. The van der Waals surface area contributed by atoms with Crippen LogP contribution in [-0.2, 0) is 26.6 Å². The van der Waals surface area contributed by atoms with Crippen molar-refractivity contribution in [1.29, 1.82) is 0 Å². The van der Waals surface area contributed by atoms with E-state index in [-0.39, 0.29) is 22.8 Å². The van der Waals surface area contributed by atoms with Crippen LogP contribution in [0.25, 0.3) is 0 Å². The lowest BCUT2D eigenvalue weighted by atomic mass is 9.93. The molecule has 0 bridgehead atoms. The molecule has 7 heteroatoms. The summed E-state index contributed by atoms with van der Waals surface area (Å²) >= 11 is 1.52. The molecule has 112 valence electrons. The summed E-state index contributed by atoms with van der Waals surface area (Å²) < 4.78 is 22.7. The van der Waals surface area contributed by atoms with Crippen molar-refractivity contribution in [2.75, 3.05) is 11.5 Å². The minimum atomic E-state index is -3.01. The third kappa shape index (κ3) is 3.79. The zero-order valence-electron chi connectivity index (χ0n) is 12.0. The normalized spacial score (nSPS) is 21.9. The smallest absolute Gasteiger partial charge is 0.224 e. The van der Waals surface area contributed by atoms with E-state index >= 15 is 0 Å². The number of carbonyl (C=O) groups excluding carboxylic acids is 1. The van der Waals surface area contributed by atoms with E-state index in [0.29, 0.717) is 13.0 Å². The van der Waals surface area contributed by atoms with E-state index < -0.39 is 15.8 Å². The van der Waals surface area contributed by atoms with Crippen LogP contribution in [0.1, 0.15) is 37.9 Å². The van der Waals surface area contributed by atoms with E-state index in [2.05, 4.69) is 31.1 Å². The fraction of sp³-hybridized carbons (Fsp3) is 0.692. The number of nitrogens with zero attached hydrogens (tertiary/aromatic N) is 1. The van der Waals surface area contributed by atoms with Crippen LogP contribution in [0.3, 0.4) is 0 Å². The molecule has 1 N–H and O–H groups in total. The molecule has 1 aliphatic heterocycles. The summed E-state index contributed by atoms with van der Waals surface area (Å²) in [5.41, 5.74) is 1.01. The van der Waals surface area contributed by atoms with E-state index in [9.17, 15) is 13.2 Å². The van der Waals surface area contributed by atoms with Crippen LogP contribution in [-0.4, -0.2) is 30.8 Å². The Morgan fingerprint density at radius 1 is 1.50 bits per heavy atom. The predicted octanol–water partition coefficient (Wildman–Crippen LogP) is 1.49. The Hall–Kier alpha value is -0.950. The zero-order valence-corrected chi connectivity index (χ0v) is 13.6. The van der Waals surface area contributed by atoms with Crippen LogP contribution in [0.15, 0.2) is 5.38 Å². The van der Waals surface area contributed by atoms with Crippen molar-refractivity contribution in [1.82, 2.24) is 10.3 Å². The maximum absolute atomic E-state index is 11.9. The second-order valence-corrected chi connectivity index (χ2v) is 9.37. The van der Waals surface area contributed by atoms with Gasteiger partial charge in [0.15, 0.2) is 9.84 Å². The Kier molecular flexibility index (Phi) is 4.20. The van der Waals surface area contributed by atoms with Crippen LogP contribution in [0.2, 0.25) is 0 Å². The van der Waals surface area contributed by atoms with Crippen molar-refractivity contribution in [2.24, 2.45) is 5.92 Å². The zero-order chi connectivity index (χ0) is 15.0. The lowest BCUT2D eigenvalue weighted by Crippen LogP contribution is -2.31. The topological polar surface area (TPSA) is 76.1 Å². The Morgan fingerprint density at radius 2 is 2.20 bits per heavy atom. The number of rotatable bonds is 3. The molecule has 0 saturated carbocycles. The number of hydrogen-bond acceptors (Lipinski definition) is 5. The largest absolute Gasteiger partial charge is 0.349 e. The van der Waals surface area contributed by atoms with Crippen LogP contribution in [0.5, 0.6) is 0 Å². The van der Waals surface area contributed by atoms with Gasteiger partial charge in [0.2, 0.25) is 5.91 Å². The molecule has 1 aliphatic rings. The Labute approximate surface area is 123 Å². The quantitative estimate of drug-likeness (QED) is 0.916. The molecule has 1 amide bonds. The number of aromatic nitrogens is 1. The summed E-state index contributed by atoms with van der Waals surface area (Å²) in [5, 5.41) is 5.64. The summed E-state index contributed by atoms with van der Waals surface area (Å²) in [4.78, 5) is 16.4. The molecule has 5 nitrogen and oxygen atoms in total. The van der Waals surface area contributed by atoms with Crippen molar-refractivity contribution in [2.45, 2.75) is 39.2 Å². The van der Waals surface area contributed by atoms with Crippen molar-refractivity contribution in [3.05, 3.63) is 16.1 Å². The molecule has 0 unspecified atom stereocenters. The molecule has 1 aromatic rings. The second kappa shape index (κ2) is 5.44. The summed E-state index contributed by atoms with van der Waals surface area (Å²) in [5.74, 6) is -0.485. The monoisotopic (exact) mass is 316 g/mol. The number of carbonyl (C=O) groups is 1. The molecule has 2 rings (SSSR count). The standard InChI is InChI=1S/C13H20N2O3S2/c1-13(2,3)10-7-19-11(15-10)6-14-12(16)9-4-5-20(17,18)8-9/h7,9H,4-6,8H2,1-3H3,(H,14,16)/t9-/m0/s1. The van der Waals surface area contributed by atoms with E-state index in [0.717, 1.165) is 10.7 Å². The third-order valence-corrected chi connectivity index (χ3v) is 5.95. The van der Waals surface area contributed by atoms with Crippen LogP contribution < -0.4 is 5.32 Å². The third-order valence-electron chi connectivity index (χ3n) is 3.34. The number of thiazole rings is 1. The molecule has 0 radical (unpaired) electrons. The van der Waals surface area contributed by atoms with E-state index in [4.69, 9.17) is 0 Å². The van der Waals surface area contributed by atoms with Gasteiger partial charge in [-0.3, -0.25) is 4.79 Å². The highest BCUT2D eigenvalue weighted by molar-refractivity contribution is 7.91. The summed E-state index contributed by atoms with van der Waals surface area (Å²) in [6, 6.07) is 0. The van der Waals surface area contributed by atoms with Crippen LogP contribution >= 0.6 is 11.3 Å². The first-order valence-corrected chi connectivity index (χ1v) is 9.30. The number of sulfone groups is 1. The number of nitrogens with one attached hydrogen (secondary N) is 1. The van der Waals surface area contributed by atoms with Gasteiger partial charge in [-0.25, -0.2) is 13.4 Å². The van der Waals surface area contributed by atoms with Crippen molar-refractivity contribution in [3.63, 3.8) is 0 Å². The highest BCUT2D eigenvalue weighted by Crippen LogP contribution is 2.24. The fourth-order valence-electron chi connectivity index (χ4n) is 2.05. The van der Waals surface area contributed by atoms with Gasteiger partial charge < -0.3 is 5.32 Å². The lowest BCUT2D eigenvalue weighted by molar-refractivity contribution is -0.124. The van der Waals surface area contributed by atoms with Crippen LogP contribution in [0, 0.1) is 5.92 Å². The first-order chi connectivity index (χ1) is 9.17. The van der Waals surface area contributed by atoms with Gasteiger partial charge >= 0.3 is 0 Å². The molecule has 1 aromatic heterocycles. The summed E-state index contributed by atoms with van der Waals surface area (Å²) in [6.45, 7) is 6.64. The van der Waals surface area contributed by atoms with Gasteiger partial charge in [-0.05, 0) is 6.42 Å². The highest BCUT2D eigenvalue weighted by atomic mass is 32.2. The van der Waals surface area contributed by atoms with Gasteiger partial charge in [0.05, 0.1) is 29.7 Å². The van der Waals surface area contributed by atoms with Crippen molar-refractivity contribution >= 4 is 27.1 Å². The van der Waals surface area contributed by atoms with Crippen molar-refractivity contribution in [3.8, 4) is 0 Å². The molecule has 0 spiro atoms. The SMILES string of the molecule is CC(C)(C)c1csc(CNC(=O)[C@H]2CCS(=O)(=O)C2)n1. The summed E-state index contributed by atoms with van der Waals surface area (Å²) in [6.07, 6.45) is 0.430. The van der Waals surface area contributed by atoms with E-state index in [1.165, 1.54) is 11.3 Å². The van der Waals surface area contributed by atoms with Gasteiger partial charge in [0.25, 0.3) is 0 Å². The highest BCUT2D eigenvalue weighted by Gasteiger charge is 2.32. The average Bonchev–Trinajstić information content (AvgIpc) is 2.91. The van der Waals surface area contributed by atoms with Gasteiger partial charge in [-0.2, -0.15) is 0 Å². The number of amides is 1. The van der Waals surface area contributed by atoms with Crippen LogP contribution in [0.4, 0.5) is 0 Å². The second-order valence-electron chi connectivity index (χ2n) is 6.19. The molecule has 0 aromatic carbocycles. The Morgan fingerprint density at radius 3 is 2.70 bits per heavy atom. The lowest BCUT2D eigenvalue weighted by Gasteiger charge is -2.14. The molecule has 1 saturated heterocycles. The predicted molar refractivity (Wildman–Crippen MR) is 79.4 cm³/mol. The van der Waals surface area contributed by atoms with Crippen molar-refractivity contribution < 1.29 is 13.2 Å². The first kappa shape index (κ1) is 15.4. The molecule has 1 fully saturated rings. The Balaban J connectivity index is 1.90. The van der Waals surface area contributed by atoms with Gasteiger partial charge in [0.1, 0.15) is 5.01 Å². The molecular weight excluding hydrogens is 296 g/mol. The molecule has 0 aliphatic carbocycles. The molecule has 2 heterocycles. The minimum Gasteiger partial charge on any atom is -0.349 e. The maximum atomic E-state index is 11.9.